The van der Waals surface area contributed by atoms with Gasteiger partial charge in [-0.3, -0.25) is 4.79 Å². The fourth-order valence-corrected chi connectivity index (χ4v) is 5.88. The van der Waals surface area contributed by atoms with E-state index in [2.05, 4.69) is 22.0 Å². The zero-order valence-electron chi connectivity index (χ0n) is 18.0. The minimum Gasteiger partial charge on any atom is -0.481 e. The second-order valence-electron chi connectivity index (χ2n) is 7.88. The van der Waals surface area contributed by atoms with E-state index in [1.54, 1.807) is 17.4 Å². The number of hydrogen-bond acceptors (Lipinski definition) is 4. The Labute approximate surface area is 208 Å². The molecule has 5 aromatic rings. The average molecular weight is 531 g/mol. The zero-order chi connectivity index (χ0) is 23.7. The molecule has 4 aromatic carbocycles. The summed E-state index contributed by atoms with van der Waals surface area (Å²) in [6.45, 7) is -0.406. The number of carboxylic acid groups (broad SMARTS) is 1. The van der Waals surface area contributed by atoms with Crippen molar-refractivity contribution in [3.05, 3.63) is 101 Å². The van der Waals surface area contributed by atoms with Gasteiger partial charge in [0.2, 0.25) is 0 Å². The molecule has 0 saturated carbocycles. The quantitative estimate of drug-likeness (QED) is 0.223. The molecule has 0 amide bonds. The van der Waals surface area contributed by atoms with E-state index in [1.165, 1.54) is 0 Å². The molecule has 34 heavy (non-hydrogen) atoms. The highest BCUT2D eigenvalue weighted by molar-refractivity contribution is 9.10. The summed E-state index contributed by atoms with van der Waals surface area (Å²) in [4.78, 5) is 25.3. The minimum absolute atomic E-state index is 0.0948. The summed E-state index contributed by atoms with van der Waals surface area (Å²) in [5.74, 6) is -0.458. The molecule has 6 heteroatoms. The molecule has 1 aromatic heterocycles. The molecular formula is C28H19BrO4S. The van der Waals surface area contributed by atoms with Crippen molar-refractivity contribution in [2.24, 2.45) is 0 Å². The van der Waals surface area contributed by atoms with E-state index in [0.29, 0.717) is 16.6 Å². The van der Waals surface area contributed by atoms with Gasteiger partial charge in [0.25, 0.3) is 0 Å². The molecule has 168 valence electrons. The Bertz CT molecular complexity index is 1540. The van der Waals surface area contributed by atoms with Crippen molar-refractivity contribution in [3.63, 3.8) is 0 Å². The number of halogens is 1. The van der Waals surface area contributed by atoms with Crippen LogP contribution in [0.25, 0.3) is 31.3 Å². The van der Waals surface area contributed by atoms with Gasteiger partial charge in [0, 0.05) is 26.9 Å². The number of thiophene rings is 1. The lowest BCUT2D eigenvalue weighted by Gasteiger charge is -2.10. The van der Waals surface area contributed by atoms with Crippen LogP contribution in [-0.4, -0.2) is 23.5 Å². The number of ether oxygens (including phenoxy) is 1. The third-order valence-electron chi connectivity index (χ3n) is 5.61. The molecule has 0 aliphatic carbocycles. The van der Waals surface area contributed by atoms with Gasteiger partial charge in [-0.25, -0.2) is 4.79 Å². The van der Waals surface area contributed by atoms with Crippen LogP contribution in [0, 0.1) is 0 Å². The molecule has 0 atom stereocenters. The lowest BCUT2D eigenvalue weighted by Crippen LogP contribution is -2.09. The minimum atomic E-state index is -1.03. The molecule has 5 rings (SSSR count). The molecule has 0 radical (unpaired) electrons. The Hall–Kier alpha value is -3.48. The van der Waals surface area contributed by atoms with Crippen LogP contribution >= 0.6 is 27.3 Å². The molecule has 1 heterocycles. The van der Waals surface area contributed by atoms with Crippen molar-refractivity contribution in [1.82, 2.24) is 0 Å². The molecule has 0 spiro atoms. The highest BCUT2D eigenvalue weighted by Gasteiger charge is 2.21. The van der Waals surface area contributed by atoms with Gasteiger partial charge in [-0.2, -0.15) is 0 Å². The summed E-state index contributed by atoms with van der Waals surface area (Å²) in [6.07, 6.45) is 0.345. The fourth-order valence-electron chi connectivity index (χ4n) is 4.06. The number of Topliss-reactive ketones (excluding diaryl/α,β-unsaturated/α-hetero) is 1. The summed E-state index contributed by atoms with van der Waals surface area (Å²) < 4.78 is 7.16. The van der Waals surface area contributed by atoms with Crippen molar-refractivity contribution in [2.45, 2.75) is 6.42 Å². The molecule has 0 aliphatic heterocycles. The normalized spacial score (nSPS) is 11.1. The average Bonchev–Trinajstić information content (AvgIpc) is 3.24. The first kappa shape index (κ1) is 22.3. The van der Waals surface area contributed by atoms with Gasteiger partial charge in [-0.05, 0) is 56.0 Å². The maximum Gasteiger partial charge on any atom is 0.341 e. The standard InChI is InChI=1S/C28H19BrO4S/c29-27-20-12-10-19(15-18(20)11-13-23(27)33-16-25(31)32)28-26(21-8-4-5-9-24(21)34-28)22(30)14-17-6-2-1-3-7-17/h1-13,15H,14,16H2,(H,31,32). The van der Waals surface area contributed by atoms with Crippen molar-refractivity contribution in [3.8, 4) is 16.2 Å². The number of rotatable bonds is 7. The maximum absolute atomic E-state index is 13.5. The summed E-state index contributed by atoms with van der Waals surface area (Å²) in [5, 5.41) is 11.7. The van der Waals surface area contributed by atoms with Gasteiger partial charge in [0.05, 0.1) is 4.47 Å². The van der Waals surface area contributed by atoms with E-state index in [-0.39, 0.29) is 5.78 Å². The summed E-state index contributed by atoms with van der Waals surface area (Å²) in [5.41, 5.74) is 2.71. The molecule has 4 nitrogen and oxygen atoms in total. The first-order valence-corrected chi connectivity index (χ1v) is 12.3. The monoisotopic (exact) mass is 530 g/mol. The number of carbonyl (C=O) groups is 2. The van der Waals surface area contributed by atoms with Gasteiger partial charge in [0.15, 0.2) is 12.4 Å². The number of hydrogen-bond donors (Lipinski definition) is 1. The van der Waals surface area contributed by atoms with E-state index in [4.69, 9.17) is 9.84 Å². The molecule has 0 fully saturated rings. The highest BCUT2D eigenvalue weighted by Crippen LogP contribution is 2.41. The number of carbonyl (C=O) groups excluding carboxylic acids is 1. The van der Waals surface area contributed by atoms with E-state index < -0.39 is 12.6 Å². The van der Waals surface area contributed by atoms with Crippen LogP contribution in [0.1, 0.15) is 15.9 Å². The Kier molecular flexibility index (Phi) is 6.18. The van der Waals surface area contributed by atoms with Gasteiger partial charge in [-0.15, -0.1) is 11.3 Å². The maximum atomic E-state index is 13.5. The smallest absolute Gasteiger partial charge is 0.341 e. The Balaban J connectivity index is 1.59. The summed E-state index contributed by atoms with van der Waals surface area (Å²) in [7, 11) is 0. The van der Waals surface area contributed by atoms with Crippen molar-refractivity contribution >= 4 is 59.9 Å². The number of carboxylic acids is 1. The van der Waals surface area contributed by atoms with Crippen LogP contribution in [0.4, 0.5) is 0 Å². The van der Waals surface area contributed by atoms with Crippen LogP contribution < -0.4 is 4.74 Å². The topological polar surface area (TPSA) is 63.6 Å². The van der Waals surface area contributed by atoms with Crippen molar-refractivity contribution < 1.29 is 19.4 Å². The van der Waals surface area contributed by atoms with Crippen LogP contribution in [0.5, 0.6) is 5.75 Å². The van der Waals surface area contributed by atoms with E-state index in [9.17, 15) is 9.59 Å². The van der Waals surface area contributed by atoms with Gasteiger partial charge >= 0.3 is 5.97 Å². The lowest BCUT2D eigenvalue weighted by atomic mass is 9.97. The zero-order valence-corrected chi connectivity index (χ0v) is 20.4. The number of fused-ring (bicyclic) bond motifs is 2. The highest BCUT2D eigenvalue weighted by atomic mass is 79.9. The van der Waals surface area contributed by atoms with E-state index in [1.807, 2.05) is 72.8 Å². The van der Waals surface area contributed by atoms with Crippen molar-refractivity contribution in [2.75, 3.05) is 6.61 Å². The first-order valence-electron chi connectivity index (χ1n) is 10.7. The van der Waals surface area contributed by atoms with Gasteiger partial charge in [-0.1, -0.05) is 66.7 Å². The Morgan fingerprint density at radius 3 is 2.44 bits per heavy atom. The summed E-state index contributed by atoms with van der Waals surface area (Å²) in [6, 6.07) is 27.5. The van der Waals surface area contributed by atoms with Crippen LogP contribution in [-0.2, 0) is 11.2 Å². The molecule has 0 aliphatic rings. The number of benzene rings is 4. The molecule has 0 saturated heterocycles. The van der Waals surface area contributed by atoms with Crippen LogP contribution in [0.2, 0.25) is 0 Å². The van der Waals surface area contributed by atoms with Crippen molar-refractivity contribution in [1.29, 1.82) is 0 Å². The van der Waals surface area contributed by atoms with E-state index >= 15 is 0 Å². The number of aliphatic carboxylic acids is 1. The van der Waals surface area contributed by atoms with Gasteiger partial charge < -0.3 is 9.84 Å². The predicted molar refractivity (Wildman–Crippen MR) is 140 cm³/mol. The second-order valence-corrected chi connectivity index (χ2v) is 9.73. The molecule has 1 N–H and O–H groups in total. The van der Waals surface area contributed by atoms with E-state index in [0.717, 1.165) is 42.4 Å². The Morgan fingerprint density at radius 2 is 1.65 bits per heavy atom. The molecular weight excluding hydrogens is 512 g/mol. The molecule has 0 unspecified atom stereocenters. The third kappa shape index (κ3) is 4.34. The molecule has 0 bridgehead atoms. The summed E-state index contributed by atoms with van der Waals surface area (Å²) >= 11 is 5.17. The fraction of sp³-hybridized carbons (Fsp3) is 0.0714. The van der Waals surface area contributed by atoms with Crippen LogP contribution in [0.15, 0.2) is 89.4 Å². The second kappa shape index (κ2) is 9.41. The largest absolute Gasteiger partial charge is 0.481 e. The third-order valence-corrected chi connectivity index (χ3v) is 7.65. The van der Waals surface area contributed by atoms with Crippen LogP contribution in [0.3, 0.4) is 0 Å². The number of ketones is 1. The SMILES string of the molecule is O=C(O)COc1ccc2cc(-c3sc4ccccc4c3C(=O)Cc3ccccc3)ccc2c1Br. The Morgan fingerprint density at radius 1 is 0.882 bits per heavy atom. The predicted octanol–water partition coefficient (Wildman–Crippen LogP) is 7.37. The first-order chi connectivity index (χ1) is 16.5. The lowest BCUT2D eigenvalue weighted by molar-refractivity contribution is -0.139. The van der Waals surface area contributed by atoms with Gasteiger partial charge in [0.1, 0.15) is 5.75 Å².